The van der Waals surface area contributed by atoms with Gasteiger partial charge < -0.3 is 29.9 Å². The van der Waals surface area contributed by atoms with Crippen LogP contribution in [0.3, 0.4) is 0 Å². The summed E-state index contributed by atoms with van der Waals surface area (Å²) in [7, 11) is 5.06. The average Bonchev–Trinajstić information content (AvgIpc) is 2.76. The molecule has 0 unspecified atom stereocenters. The Kier molecular flexibility index (Phi) is 9.24. The van der Waals surface area contributed by atoms with Crippen LogP contribution in [0.25, 0.3) is 0 Å². The van der Waals surface area contributed by atoms with E-state index in [1.165, 1.54) is 4.90 Å². The largest absolute Gasteiger partial charge is 0.496 e. The second-order valence-electron chi connectivity index (χ2n) is 7.22. The minimum Gasteiger partial charge on any atom is -0.496 e. The molecule has 2 N–H and O–H groups in total. The highest BCUT2D eigenvalue weighted by Gasteiger charge is 2.24. The number of carbonyl (C=O) groups excluding carboxylic acids is 2. The maximum atomic E-state index is 12.0. The lowest BCUT2D eigenvalue weighted by Gasteiger charge is -2.32. The van der Waals surface area contributed by atoms with Crippen LogP contribution in [0.1, 0.15) is 25.3 Å². The molecule has 1 aromatic carbocycles. The fraction of sp³-hybridized carbons (Fsp3) is 0.571. The second-order valence-corrected chi connectivity index (χ2v) is 7.22. The topological polar surface area (TPSA) is 95.5 Å². The molecule has 0 aromatic heterocycles. The Morgan fingerprint density at radius 1 is 1.23 bits per heavy atom. The molecule has 9 nitrogen and oxygen atoms in total. The first-order valence-corrected chi connectivity index (χ1v) is 10.2. The molecule has 1 aliphatic heterocycles. The Morgan fingerprint density at radius 3 is 2.57 bits per heavy atom. The standard InChI is InChI=1S/C21H33N5O4/c1-5-30-21(28)26-12-10-17(11-13-26)24-20(23-15-19(27)25(2)3)22-14-16-8-6-7-9-18(16)29-4/h6-9,17H,5,10-15H2,1-4H3,(H2,22,23,24). The molecule has 0 bridgehead atoms. The Labute approximate surface area is 178 Å². The van der Waals surface area contributed by atoms with Crippen molar-refractivity contribution >= 4 is 18.0 Å². The van der Waals surface area contributed by atoms with E-state index in [4.69, 9.17) is 9.47 Å². The van der Waals surface area contributed by atoms with Crippen molar-refractivity contribution in [3.05, 3.63) is 29.8 Å². The van der Waals surface area contributed by atoms with Crippen LogP contribution < -0.4 is 15.4 Å². The minimum absolute atomic E-state index is 0.0427. The molecule has 0 spiro atoms. The van der Waals surface area contributed by atoms with Crippen molar-refractivity contribution in [2.24, 2.45) is 4.99 Å². The summed E-state index contributed by atoms with van der Waals surface area (Å²) < 4.78 is 10.5. The molecule has 2 rings (SSSR count). The van der Waals surface area contributed by atoms with Crippen LogP contribution in [0.2, 0.25) is 0 Å². The number of hydrogen-bond acceptors (Lipinski definition) is 5. The van der Waals surface area contributed by atoms with Crippen molar-refractivity contribution < 1.29 is 19.1 Å². The smallest absolute Gasteiger partial charge is 0.409 e. The van der Waals surface area contributed by atoms with Gasteiger partial charge in [0.2, 0.25) is 5.91 Å². The molecule has 1 aromatic rings. The van der Waals surface area contributed by atoms with E-state index in [2.05, 4.69) is 15.6 Å². The van der Waals surface area contributed by atoms with Crippen LogP contribution in [0.4, 0.5) is 4.79 Å². The van der Waals surface area contributed by atoms with E-state index in [-0.39, 0.29) is 24.6 Å². The normalized spacial score (nSPS) is 14.8. The summed E-state index contributed by atoms with van der Waals surface area (Å²) in [6, 6.07) is 7.86. The first kappa shape index (κ1) is 23.3. The summed E-state index contributed by atoms with van der Waals surface area (Å²) in [6.07, 6.45) is 1.28. The van der Waals surface area contributed by atoms with Crippen LogP contribution in [0, 0.1) is 0 Å². The average molecular weight is 420 g/mol. The highest BCUT2D eigenvalue weighted by atomic mass is 16.6. The first-order chi connectivity index (χ1) is 14.4. The number of methoxy groups -OCH3 is 1. The fourth-order valence-corrected chi connectivity index (χ4v) is 3.08. The minimum atomic E-state index is -0.268. The van der Waals surface area contributed by atoms with E-state index in [0.29, 0.717) is 32.2 Å². The molecule has 30 heavy (non-hydrogen) atoms. The molecule has 0 atom stereocenters. The number of piperidine rings is 1. The van der Waals surface area contributed by atoms with E-state index >= 15 is 0 Å². The molecule has 2 amide bonds. The van der Waals surface area contributed by atoms with Gasteiger partial charge in [0.1, 0.15) is 5.75 Å². The molecule has 1 saturated heterocycles. The Morgan fingerprint density at radius 2 is 1.93 bits per heavy atom. The van der Waals surface area contributed by atoms with E-state index in [1.807, 2.05) is 24.3 Å². The molecule has 0 saturated carbocycles. The SMILES string of the molecule is CCOC(=O)N1CCC(NC(=NCc2ccccc2OC)NCC(=O)N(C)C)CC1. The third kappa shape index (κ3) is 7.13. The predicted octanol–water partition coefficient (Wildman–Crippen LogP) is 1.44. The lowest BCUT2D eigenvalue weighted by atomic mass is 10.1. The third-order valence-electron chi connectivity index (χ3n) is 4.87. The summed E-state index contributed by atoms with van der Waals surface area (Å²) in [4.78, 5) is 31.8. The molecule has 1 fully saturated rings. The number of carbonyl (C=O) groups is 2. The van der Waals surface area contributed by atoms with Gasteiger partial charge in [-0.3, -0.25) is 4.79 Å². The maximum absolute atomic E-state index is 12.0. The number of ether oxygens (including phenoxy) is 2. The molecular formula is C21H33N5O4. The Balaban J connectivity index is 2.01. The number of likely N-dealkylation sites (tertiary alicyclic amines) is 1. The predicted molar refractivity (Wildman–Crippen MR) is 116 cm³/mol. The quantitative estimate of drug-likeness (QED) is 0.513. The zero-order valence-electron chi connectivity index (χ0n) is 18.3. The van der Waals surface area contributed by atoms with Crippen molar-refractivity contribution in [1.29, 1.82) is 0 Å². The van der Waals surface area contributed by atoms with Crippen molar-refractivity contribution in [3.8, 4) is 5.75 Å². The number of amides is 2. The van der Waals surface area contributed by atoms with Crippen molar-refractivity contribution in [3.63, 3.8) is 0 Å². The van der Waals surface area contributed by atoms with Gasteiger partial charge in [0.05, 0.1) is 26.8 Å². The first-order valence-electron chi connectivity index (χ1n) is 10.2. The van der Waals surface area contributed by atoms with Gasteiger partial charge >= 0.3 is 6.09 Å². The lowest BCUT2D eigenvalue weighted by molar-refractivity contribution is -0.127. The molecule has 0 radical (unpaired) electrons. The number of para-hydroxylation sites is 1. The van der Waals surface area contributed by atoms with Crippen LogP contribution >= 0.6 is 0 Å². The van der Waals surface area contributed by atoms with Crippen LogP contribution in [-0.4, -0.2) is 81.2 Å². The van der Waals surface area contributed by atoms with E-state index in [0.717, 1.165) is 24.2 Å². The maximum Gasteiger partial charge on any atom is 0.409 e. The number of rotatable bonds is 7. The zero-order chi connectivity index (χ0) is 21.9. The van der Waals surface area contributed by atoms with Crippen molar-refractivity contribution in [2.75, 3.05) is 47.4 Å². The molecule has 1 heterocycles. The van der Waals surface area contributed by atoms with Gasteiger partial charge in [-0.15, -0.1) is 0 Å². The summed E-state index contributed by atoms with van der Waals surface area (Å²) >= 11 is 0. The Hall–Kier alpha value is -2.97. The molecule has 166 valence electrons. The monoisotopic (exact) mass is 419 g/mol. The number of hydrogen-bond donors (Lipinski definition) is 2. The zero-order valence-corrected chi connectivity index (χ0v) is 18.3. The van der Waals surface area contributed by atoms with E-state index in [1.54, 1.807) is 33.0 Å². The van der Waals surface area contributed by atoms with Crippen molar-refractivity contribution in [1.82, 2.24) is 20.4 Å². The number of aliphatic imine (C=N–C) groups is 1. The van der Waals surface area contributed by atoms with Crippen molar-refractivity contribution in [2.45, 2.75) is 32.4 Å². The number of benzene rings is 1. The van der Waals surface area contributed by atoms with Gasteiger partial charge in [0, 0.05) is 38.8 Å². The van der Waals surface area contributed by atoms with Gasteiger partial charge in [0.15, 0.2) is 5.96 Å². The van der Waals surface area contributed by atoms with Crippen LogP contribution in [0.5, 0.6) is 5.75 Å². The summed E-state index contributed by atoms with van der Waals surface area (Å²) in [5.74, 6) is 1.29. The fourth-order valence-electron chi connectivity index (χ4n) is 3.08. The molecule has 9 heteroatoms. The van der Waals surface area contributed by atoms with Gasteiger partial charge in [-0.05, 0) is 25.8 Å². The van der Waals surface area contributed by atoms with E-state index in [9.17, 15) is 9.59 Å². The molecule has 0 aliphatic carbocycles. The van der Waals surface area contributed by atoms with Gasteiger partial charge in [0.25, 0.3) is 0 Å². The number of nitrogens with zero attached hydrogens (tertiary/aromatic N) is 3. The van der Waals surface area contributed by atoms with E-state index < -0.39 is 0 Å². The number of nitrogens with one attached hydrogen (secondary N) is 2. The van der Waals surface area contributed by atoms with Gasteiger partial charge in [-0.2, -0.15) is 0 Å². The lowest BCUT2D eigenvalue weighted by Crippen LogP contribution is -2.51. The summed E-state index contributed by atoms with van der Waals surface area (Å²) in [5, 5.41) is 6.51. The van der Waals surface area contributed by atoms with Gasteiger partial charge in [-0.1, -0.05) is 18.2 Å². The highest BCUT2D eigenvalue weighted by molar-refractivity contribution is 5.86. The number of likely N-dealkylation sites (N-methyl/N-ethyl adjacent to an activating group) is 1. The number of guanidine groups is 1. The second kappa shape index (κ2) is 11.9. The molecule has 1 aliphatic rings. The Bertz CT molecular complexity index is 730. The summed E-state index contributed by atoms with van der Waals surface area (Å²) in [6.45, 7) is 3.97. The van der Waals surface area contributed by atoms with Crippen LogP contribution in [0.15, 0.2) is 29.3 Å². The summed E-state index contributed by atoms with van der Waals surface area (Å²) in [5.41, 5.74) is 0.956. The highest BCUT2D eigenvalue weighted by Crippen LogP contribution is 2.18. The third-order valence-corrected chi connectivity index (χ3v) is 4.87. The molecular weight excluding hydrogens is 386 g/mol. The van der Waals surface area contributed by atoms with Gasteiger partial charge in [-0.25, -0.2) is 9.79 Å². The van der Waals surface area contributed by atoms with Crippen LogP contribution in [-0.2, 0) is 16.1 Å².